The second-order valence-electron chi connectivity index (χ2n) is 4.81. The summed E-state index contributed by atoms with van der Waals surface area (Å²) in [4.78, 5) is 11.8. The van der Waals surface area contributed by atoms with E-state index in [0.717, 1.165) is 25.7 Å². The monoisotopic (exact) mass is 231 g/mol. The topological polar surface area (TPSA) is 29.1 Å². The molecule has 0 radical (unpaired) electrons. The van der Waals surface area contributed by atoms with Gasteiger partial charge in [-0.2, -0.15) is 0 Å². The SMILES string of the molecule is CCCCC(=O)N[C@@H]1CCCc2ccccc21. The van der Waals surface area contributed by atoms with Crippen molar-refractivity contribution in [2.45, 2.75) is 51.5 Å². The number of aryl methyl sites for hydroxylation is 1. The summed E-state index contributed by atoms with van der Waals surface area (Å²) in [6, 6.07) is 8.72. The van der Waals surface area contributed by atoms with Gasteiger partial charge in [0.2, 0.25) is 5.91 Å². The Hall–Kier alpha value is -1.31. The fraction of sp³-hybridized carbons (Fsp3) is 0.533. The third kappa shape index (κ3) is 3.09. The van der Waals surface area contributed by atoms with Gasteiger partial charge in [0.25, 0.3) is 0 Å². The fourth-order valence-electron chi connectivity index (χ4n) is 2.51. The highest BCUT2D eigenvalue weighted by atomic mass is 16.1. The Morgan fingerprint density at radius 3 is 3.06 bits per heavy atom. The van der Waals surface area contributed by atoms with Crippen molar-refractivity contribution in [1.82, 2.24) is 5.32 Å². The predicted molar refractivity (Wildman–Crippen MR) is 69.8 cm³/mol. The molecule has 0 spiro atoms. The zero-order valence-electron chi connectivity index (χ0n) is 10.5. The second-order valence-corrected chi connectivity index (χ2v) is 4.81. The Balaban J connectivity index is 2.01. The molecule has 0 saturated heterocycles. The van der Waals surface area contributed by atoms with Crippen LogP contribution in [0.25, 0.3) is 0 Å². The van der Waals surface area contributed by atoms with E-state index in [0.29, 0.717) is 6.42 Å². The Morgan fingerprint density at radius 1 is 1.41 bits per heavy atom. The van der Waals surface area contributed by atoms with E-state index in [-0.39, 0.29) is 11.9 Å². The zero-order chi connectivity index (χ0) is 12.1. The molecule has 1 aromatic rings. The normalized spacial score (nSPS) is 18.5. The quantitative estimate of drug-likeness (QED) is 0.845. The molecule has 1 amide bonds. The van der Waals surface area contributed by atoms with E-state index in [1.54, 1.807) is 0 Å². The highest BCUT2D eigenvalue weighted by Gasteiger charge is 2.20. The second kappa shape index (κ2) is 5.85. The van der Waals surface area contributed by atoms with Gasteiger partial charge < -0.3 is 5.32 Å². The number of hydrogen-bond acceptors (Lipinski definition) is 1. The van der Waals surface area contributed by atoms with E-state index >= 15 is 0 Å². The largest absolute Gasteiger partial charge is 0.349 e. The molecule has 1 aliphatic rings. The molecule has 2 heteroatoms. The molecule has 0 saturated carbocycles. The standard InChI is InChI=1S/C15H21NO/c1-2-3-11-15(17)16-14-10-6-8-12-7-4-5-9-13(12)14/h4-5,7,9,14H,2-3,6,8,10-11H2,1H3,(H,16,17)/t14-/m1/s1. The van der Waals surface area contributed by atoms with Crippen LogP contribution in [0.4, 0.5) is 0 Å². The first kappa shape index (κ1) is 12.2. The smallest absolute Gasteiger partial charge is 0.220 e. The van der Waals surface area contributed by atoms with Crippen LogP contribution in [0.15, 0.2) is 24.3 Å². The fourth-order valence-corrected chi connectivity index (χ4v) is 2.51. The predicted octanol–water partition coefficient (Wildman–Crippen LogP) is 3.37. The van der Waals surface area contributed by atoms with Crippen molar-refractivity contribution in [2.24, 2.45) is 0 Å². The minimum Gasteiger partial charge on any atom is -0.349 e. The summed E-state index contributed by atoms with van der Waals surface area (Å²) in [5.74, 6) is 0.202. The van der Waals surface area contributed by atoms with Gasteiger partial charge >= 0.3 is 0 Å². The maximum atomic E-state index is 11.8. The van der Waals surface area contributed by atoms with Crippen molar-refractivity contribution in [3.63, 3.8) is 0 Å². The number of nitrogens with one attached hydrogen (secondary N) is 1. The lowest BCUT2D eigenvalue weighted by atomic mass is 9.87. The van der Waals surface area contributed by atoms with Gasteiger partial charge in [-0.1, -0.05) is 37.6 Å². The van der Waals surface area contributed by atoms with Crippen molar-refractivity contribution in [2.75, 3.05) is 0 Å². The van der Waals surface area contributed by atoms with Crippen LogP contribution in [-0.2, 0) is 11.2 Å². The van der Waals surface area contributed by atoms with Gasteiger partial charge in [0.15, 0.2) is 0 Å². The summed E-state index contributed by atoms with van der Waals surface area (Å²) in [5.41, 5.74) is 2.73. The third-order valence-corrected chi connectivity index (χ3v) is 3.46. The maximum absolute atomic E-state index is 11.8. The van der Waals surface area contributed by atoms with Crippen LogP contribution in [0.5, 0.6) is 0 Å². The Bertz CT molecular complexity index is 386. The molecule has 0 aliphatic heterocycles. The van der Waals surface area contributed by atoms with E-state index in [2.05, 4.69) is 36.5 Å². The highest BCUT2D eigenvalue weighted by Crippen LogP contribution is 2.29. The van der Waals surface area contributed by atoms with Crippen LogP contribution in [0.3, 0.4) is 0 Å². The molecule has 0 aromatic heterocycles. The van der Waals surface area contributed by atoms with E-state index < -0.39 is 0 Å². The summed E-state index contributed by atoms with van der Waals surface area (Å²) < 4.78 is 0. The summed E-state index contributed by atoms with van der Waals surface area (Å²) >= 11 is 0. The molecule has 0 bridgehead atoms. The number of amides is 1. The lowest BCUT2D eigenvalue weighted by molar-refractivity contribution is -0.122. The van der Waals surface area contributed by atoms with Gasteiger partial charge in [0, 0.05) is 6.42 Å². The molecular weight excluding hydrogens is 210 g/mol. The average Bonchev–Trinajstić information content (AvgIpc) is 2.37. The highest BCUT2D eigenvalue weighted by molar-refractivity contribution is 5.76. The van der Waals surface area contributed by atoms with Gasteiger partial charge in [-0.05, 0) is 36.8 Å². The van der Waals surface area contributed by atoms with Crippen LogP contribution < -0.4 is 5.32 Å². The van der Waals surface area contributed by atoms with Crippen molar-refractivity contribution < 1.29 is 4.79 Å². The van der Waals surface area contributed by atoms with Crippen LogP contribution >= 0.6 is 0 Å². The number of benzene rings is 1. The number of rotatable bonds is 4. The molecule has 92 valence electrons. The molecule has 1 aliphatic carbocycles. The summed E-state index contributed by atoms with van der Waals surface area (Å²) in [5, 5.41) is 3.17. The van der Waals surface area contributed by atoms with Gasteiger partial charge in [-0.3, -0.25) is 4.79 Å². The number of fused-ring (bicyclic) bond motifs is 1. The molecule has 1 N–H and O–H groups in total. The van der Waals surface area contributed by atoms with Crippen LogP contribution in [0, 0.1) is 0 Å². The molecule has 0 fully saturated rings. The van der Waals surface area contributed by atoms with Crippen molar-refractivity contribution >= 4 is 5.91 Å². The van der Waals surface area contributed by atoms with Gasteiger partial charge in [-0.15, -0.1) is 0 Å². The molecule has 1 atom stereocenters. The van der Waals surface area contributed by atoms with E-state index in [4.69, 9.17) is 0 Å². The zero-order valence-corrected chi connectivity index (χ0v) is 10.5. The minimum atomic E-state index is 0.202. The molecule has 0 unspecified atom stereocenters. The summed E-state index contributed by atoms with van der Waals surface area (Å²) in [6.07, 6.45) is 6.13. The van der Waals surface area contributed by atoms with E-state index in [1.807, 2.05) is 0 Å². The summed E-state index contributed by atoms with van der Waals surface area (Å²) in [6.45, 7) is 2.11. The van der Waals surface area contributed by atoms with Gasteiger partial charge in [0.1, 0.15) is 0 Å². The number of hydrogen-bond donors (Lipinski definition) is 1. The van der Waals surface area contributed by atoms with Crippen LogP contribution in [0.1, 0.15) is 56.2 Å². The minimum absolute atomic E-state index is 0.202. The van der Waals surface area contributed by atoms with E-state index in [1.165, 1.54) is 17.5 Å². The van der Waals surface area contributed by atoms with Gasteiger partial charge in [-0.25, -0.2) is 0 Å². The molecule has 0 heterocycles. The van der Waals surface area contributed by atoms with E-state index in [9.17, 15) is 4.79 Å². The molecule has 1 aromatic carbocycles. The number of carbonyl (C=O) groups is 1. The summed E-state index contributed by atoms with van der Waals surface area (Å²) in [7, 11) is 0. The average molecular weight is 231 g/mol. The molecule has 2 nitrogen and oxygen atoms in total. The third-order valence-electron chi connectivity index (χ3n) is 3.46. The Morgan fingerprint density at radius 2 is 2.24 bits per heavy atom. The van der Waals surface area contributed by atoms with Gasteiger partial charge in [0.05, 0.1) is 6.04 Å². The lowest BCUT2D eigenvalue weighted by Gasteiger charge is -2.26. The first-order chi connectivity index (χ1) is 8.31. The van der Waals surface area contributed by atoms with Crippen molar-refractivity contribution in [3.8, 4) is 0 Å². The molecular formula is C15H21NO. The van der Waals surface area contributed by atoms with Crippen LogP contribution in [0.2, 0.25) is 0 Å². The molecule has 2 rings (SSSR count). The molecule has 17 heavy (non-hydrogen) atoms. The first-order valence-corrected chi connectivity index (χ1v) is 6.68. The number of unbranched alkanes of at least 4 members (excludes halogenated alkanes) is 1. The van der Waals surface area contributed by atoms with Crippen molar-refractivity contribution in [1.29, 1.82) is 0 Å². The van der Waals surface area contributed by atoms with Crippen molar-refractivity contribution in [3.05, 3.63) is 35.4 Å². The lowest BCUT2D eigenvalue weighted by Crippen LogP contribution is -2.30. The Labute approximate surface area is 103 Å². The maximum Gasteiger partial charge on any atom is 0.220 e. The first-order valence-electron chi connectivity index (χ1n) is 6.68. The Kier molecular flexibility index (Phi) is 4.18. The number of carbonyl (C=O) groups excluding carboxylic acids is 1. The van der Waals surface area contributed by atoms with Crippen LogP contribution in [-0.4, -0.2) is 5.91 Å².